The molecule has 110 valence electrons. The van der Waals surface area contributed by atoms with Gasteiger partial charge in [-0.25, -0.2) is 4.98 Å². The minimum absolute atomic E-state index is 0.0419. The highest BCUT2D eigenvalue weighted by Crippen LogP contribution is 2.13. The fraction of sp³-hybridized carbons (Fsp3) is 0.571. The van der Waals surface area contributed by atoms with Crippen molar-refractivity contribution >= 4 is 16.3 Å². The van der Waals surface area contributed by atoms with Gasteiger partial charge in [0.2, 0.25) is 0 Å². The Morgan fingerprint density at radius 3 is 2.85 bits per heavy atom. The fourth-order valence-corrected chi connectivity index (χ4v) is 3.24. The molecule has 2 heterocycles. The zero-order valence-electron chi connectivity index (χ0n) is 12.0. The van der Waals surface area contributed by atoms with Crippen molar-refractivity contribution < 1.29 is 5.11 Å². The average molecular weight is 295 g/mol. The standard InChI is InChI=1S/C14H21N3O2S/c1-3-12(4-2)16(5-7-18)10-11-9-13(19)17-6-8-20-14(17)15-11/h6,8-9,12,18H,3-5,7,10H2,1-2H3. The lowest BCUT2D eigenvalue weighted by Crippen LogP contribution is -2.36. The second-order valence-corrected chi connectivity index (χ2v) is 5.68. The number of aliphatic hydroxyl groups is 1. The summed E-state index contributed by atoms with van der Waals surface area (Å²) in [6.07, 6.45) is 3.79. The summed E-state index contributed by atoms with van der Waals surface area (Å²) in [6.45, 7) is 5.62. The summed E-state index contributed by atoms with van der Waals surface area (Å²) in [5.74, 6) is 0. The predicted molar refractivity (Wildman–Crippen MR) is 81.2 cm³/mol. The maximum Gasteiger partial charge on any atom is 0.258 e. The smallest absolute Gasteiger partial charge is 0.258 e. The Balaban J connectivity index is 2.25. The van der Waals surface area contributed by atoms with Crippen LogP contribution in [0.25, 0.3) is 4.96 Å². The third kappa shape index (κ3) is 3.26. The molecule has 0 saturated heterocycles. The molecule has 0 saturated carbocycles. The Morgan fingerprint density at radius 2 is 2.20 bits per heavy atom. The quantitative estimate of drug-likeness (QED) is 0.845. The van der Waals surface area contributed by atoms with Crippen molar-refractivity contribution in [2.24, 2.45) is 0 Å². The summed E-state index contributed by atoms with van der Waals surface area (Å²) in [7, 11) is 0. The Kier molecular flexibility index (Phi) is 5.28. The van der Waals surface area contributed by atoms with E-state index in [0.717, 1.165) is 23.5 Å². The van der Waals surface area contributed by atoms with Gasteiger partial charge in [-0.1, -0.05) is 13.8 Å². The van der Waals surface area contributed by atoms with E-state index in [1.807, 2.05) is 5.38 Å². The minimum atomic E-state index is -0.0419. The SMILES string of the molecule is CCC(CC)N(CCO)Cc1cc(=O)n2ccsc2n1. The second-order valence-electron chi connectivity index (χ2n) is 4.81. The molecule has 1 N–H and O–H groups in total. The number of aromatic nitrogens is 2. The van der Waals surface area contributed by atoms with Crippen LogP contribution in [0.3, 0.4) is 0 Å². The van der Waals surface area contributed by atoms with Crippen molar-refractivity contribution in [3.8, 4) is 0 Å². The molecule has 0 amide bonds. The molecule has 0 spiro atoms. The van der Waals surface area contributed by atoms with Gasteiger partial charge in [0.05, 0.1) is 12.3 Å². The van der Waals surface area contributed by atoms with Crippen LogP contribution in [-0.4, -0.2) is 38.6 Å². The summed E-state index contributed by atoms with van der Waals surface area (Å²) in [4.78, 5) is 19.4. The molecule has 2 rings (SSSR count). The molecule has 2 aromatic rings. The molecular formula is C14H21N3O2S. The van der Waals surface area contributed by atoms with Gasteiger partial charge in [0.15, 0.2) is 4.96 Å². The van der Waals surface area contributed by atoms with Crippen molar-refractivity contribution in [1.82, 2.24) is 14.3 Å². The van der Waals surface area contributed by atoms with Crippen molar-refractivity contribution in [1.29, 1.82) is 0 Å². The van der Waals surface area contributed by atoms with Gasteiger partial charge in [0, 0.05) is 36.8 Å². The highest BCUT2D eigenvalue weighted by Gasteiger charge is 2.16. The van der Waals surface area contributed by atoms with Crippen LogP contribution in [0.15, 0.2) is 22.4 Å². The molecule has 0 aliphatic heterocycles. The molecule has 0 bridgehead atoms. The normalized spacial score (nSPS) is 11.8. The zero-order valence-corrected chi connectivity index (χ0v) is 12.8. The molecule has 0 aromatic carbocycles. The lowest BCUT2D eigenvalue weighted by molar-refractivity contribution is 0.135. The number of rotatable bonds is 7. The Bertz CT molecular complexity index is 604. The molecule has 6 heteroatoms. The van der Waals surface area contributed by atoms with Gasteiger partial charge in [-0.05, 0) is 12.8 Å². The molecule has 20 heavy (non-hydrogen) atoms. The predicted octanol–water partition coefficient (Wildman–Crippen LogP) is 1.74. The Morgan fingerprint density at radius 1 is 1.45 bits per heavy atom. The van der Waals surface area contributed by atoms with Gasteiger partial charge in [-0.2, -0.15) is 0 Å². The van der Waals surface area contributed by atoms with Crippen LogP contribution < -0.4 is 5.56 Å². The number of thiazole rings is 1. The van der Waals surface area contributed by atoms with E-state index in [1.54, 1.807) is 16.7 Å². The van der Waals surface area contributed by atoms with Crippen molar-refractivity contribution in [2.45, 2.75) is 39.3 Å². The highest BCUT2D eigenvalue weighted by molar-refractivity contribution is 7.15. The summed E-state index contributed by atoms with van der Waals surface area (Å²) < 4.78 is 1.56. The topological polar surface area (TPSA) is 57.8 Å². The molecule has 0 unspecified atom stereocenters. The van der Waals surface area contributed by atoms with Gasteiger partial charge >= 0.3 is 0 Å². The van der Waals surface area contributed by atoms with Crippen LogP contribution in [0.5, 0.6) is 0 Å². The third-order valence-electron chi connectivity index (χ3n) is 3.57. The van der Waals surface area contributed by atoms with Crippen molar-refractivity contribution in [3.05, 3.63) is 33.7 Å². The van der Waals surface area contributed by atoms with Gasteiger partial charge < -0.3 is 5.11 Å². The number of aliphatic hydroxyl groups excluding tert-OH is 1. The monoisotopic (exact) mass is 295 g/mol. The summed E-state index contributed by atoms with van der Waals surface area (Å²) in [6, 6.07) is 2.00. The van der Waals surface area contributed by atoms with Gasteiger partial charge in [-0.15, -0.1) is 11.3 Å². The van der Waals surface area contributed by atoms with Crippen LogP contribution in [0, 0.1) is 0 Å². The first-order valence-corrected chi connectivity index (χ1v) is 7.88. The van der Waals surface area contributed by atoms with E-state index in [4.69, 9.17) is 0 Å². The van der Waals surface area contributed by atoms with Crippen LogP contribution >= 0.6 is 11.3 Å². The van der Waals surface area contributed by atoms with E-state index in [9.17, 15) is 9.90 Å². The Labute approximate surface area is 122 Å². The molecule has 5 nitrogen and oxygen atoms in total. The maximum absolute atomic E-state index is 12.0. The molecule has 0 aliphatic rings. The van der Waals surface area contributed by atoms with Gasteiger partial charge in [0.25, 0.3) is 5.56 Å². The minimum Gasteiger partial charge on any atom is -0.395 e. The number of hydrogen-bond acceptors (Lipinski definition) is 5. The van der Waals surface area contributed by atoms with Crippen LogP contribution in [0.4, 0.5) is 0 Å². The summed E-state index contributed by atoms with van der Waals surface area (Å²) >= 11 is 1.46. The molecule has 0 aliphatic carbocycles. The summed E-state index contributed by atoms with van der Waals surface area (Å²) in [5.41, 5.74) is 0.734. The van der Waals surface area contributed by atoms with Crippen LogP contribution in [-0.2, 0) is 6.54 Å². The lowest BCUT2D eigenvalue weighted by atomic mass is 10.1. The van der Waals surface area contributed by atoms with E-state index in [-0.39, 0.29) is 12.2 Å². The average Bonchev–Trinajstić information content (AvgIpc) is 2.89. The molecule has 0 atom stereocenters. The van der Waals surface area contributed by atoms with Crippen LogP contribution in [0.2, 0.25) is 0 Å². The highest BCUT2D eigenvalue weighted by atomic mass is 32.1. The van der Waals surface area contributed by atoms with Gasteiger partial charge in [-0.3, -0.25) is 14.1 Å². The van der Waals surface area contributed by atoms with Crippen molar-refractivity contribution in [2.75, 3.05) is 13.2 Å². The second kappa shape index (κ2) is 6.97. The Hall–Kier alpha value is -1.24. The molecule has 2 aromatic heterocycles. The van der Waals surface area contributed by atoms with Gasteiger partial charge in [0.1, 0.15) is 0 Å². The number of nitrogens with zero attached hydrogens (tertiary/aromatic N) is 3. The lowest BCUT2D eigenvalue weighted by Gasteiger charge is -2.29. The van der Waals surface area contributed by atoms with E-state index in [1.165, 1.54) is 11.3 Å². The number of fused-ring (bicyclic) bond motifs is 1. The summed E-state index contributed by atoms with van der Waals surface area (Å²) in [5, 5.41) is 11.1. The van der Waals surface area contributed by atoms with E-state index >= 15 is 0 Å². The zero-order chi connectivity index (χ0) is 14.5. The molecule has 0 radical (unpaired) electrons. The third-order valence-corrected chi connectivity index (χ3v) is 4.32. The van der Waals surface area contributed by atoms with Crippen LogP contribution in [0.1, 0.15) is 32.4 Å². The maximum atomic E-state index is 12.0. The molecule has 0 fully saturated rings. The fourth-order valence-electron chi connectivity index (χ4n) is 2.50. The van der Waals surface area contributed by atoms with E-state index in [0.29, 0.717) is 19.1 Å². The largest absolute Gasteiger partial charge is 0.395 e. The first-order chi connectivity index (χ1) is 9.69. The first-order valence-electron chi connectivity index (χ1n) is 7.00. The molecular weight excluding hydrogens is 274 g/mol. The number of hydrogen-bond donors (Lipinski definition) is 1. The first kappa shape index (κ1) is 15.2. The van der Waals surface area contributed by atoms with E-state index in [2.05, 4.69) is 23.7 Å². The van der Waals surface area contributed by atoms with E-state index < -0.39 is 0 Å². The van der Waals surface area contributed by atoms with Crippen molar-refractivity contribution in [3.63, 3.8) is 0 Å².